The highest BCUT2D eigenvalue weighted by molar-refractivity contribution is 6.17. The molecular formula is C12H17ClN2O. The first-order valence-electron chi connectivity index (χ1n) is 5.55. The summed E-state index contributed by atoms with van der Waals surface area (Å²) in [6, 6.07) is 5.79. The summed E-state index contributed by atoms with van der Waals surface area (Å²) in [5.74, 6) is 0.724. The van der Waals surface area contributed by atoms with Crippen molar-refractivity contribution in [2.75, 3.05) is 12.4 Å². The highest BCUT2D eigenvalue weighted by Gasteiger charge is 2.00. The van der Waals surface area contributed by atoms with Gasteiger partial charge in [0.15, 0.2) is 0 Å². The number of aromatic nitrogens is 1. The molecule has 0 saturated heterocycles. The molecule has 1 aromatic rings. The third-order valence-electron chi connectivity index (χ3n) is 2.22. The van der Waals surface area contributed by atoms with Gasteiger partial charge in [-0.3, -0.25) is 9.78 Å². The fraction of sp³-hybridized carbons (Fsp3) is 0.500. The summed E-state index contributed by atoms with van der Waals surface area (Å²) >= 11 is 5.53. The Balaban J connectivity index is 2.09. The average Bonchev–Trinajstić information content (AvgIpc) is 2.31. The molecule has 1 amide bonds. The van der Waals surface area contributed by atoms with E-state index in [9.17, 15) is 4.79 Å². The van der Waals surface area contributed by atoms with E-state index in [0.29, 0.717) is 18.8 Å². The molecule has 1 N–H and O–H groups in total. The summed E-state index contributed by atoms with van der Waals surface area (Å²) in [5, 5.41) is 2.87. The molecule has 0 fully saturated rings. The van der Waals surface area contributed by atoms with Crippen LogP contribution in [0.1, 0.15) is 25.0 Å². The zero-order valence-corrected chi connectivity index (χ0v) is 10.0. The first-order chi connectivity index (χ1) is 7.83. The van der Waals surface area contributed by atoms with E-state index >= 15 is 0 Å². The number of alkyl halides is 1. The van der Waals surface area contributed by atoms with Gasteiger partial charge in [0.1, 0.15) is 0 Å². The van der Waals surface area contributed by atoms with Crippen molar-refractivity contribution in [3.8, 4) is 0 Å². The van der Waals surface area contributed by atoms with Crippen LogP contribution in [0.4, 0.5) is 0 Å². The van der Waals surface area contributed by atoms with Gasteiger partial charge in [0.05, 0.1) is 0 Å². The second-order valence-electron chi connectivity index (χ2n) is 3.57. The smallest absolute Gasteiger partial charge is 0.220 e. The largest absolute Gasteiger partial charge is 0.356 e. The van der Waals surface area contributed by atoms with Crippen LogP contribution in [0.3, 0.4) is 0 Å². The quantitative estimate of drug-likeness (QED) is 0.586. The number of nitrogens with zero attached hydrogens (tertiary/aromatic N) is 1. The van der Waals surface area contributed by atoms with Crippen LogP contribution in [0.5, 0.6) is 0 Å². The maximum atomic E-state index is 11.3. The summed E-state index contributed by atoms with van der Waals surface area (Å²) in [5.41, 5.74) is 1.00. The lowest BCUT2D eigenvalue weighted by molar-refractivity contribution is -0.121. The van der Waals surface area contributed by atoms with E-state index in [1.807, 2.05) is 18.2 Å². The zero-order chi connectivity index (χ0) is 11.6. The molecule has 0 aliphatic carbocycles. The third-order valence-corrected chi connectivity index (χ3v) is 2.48. The molecule has 0 aromatic carbocycles. The predicted octanol–water partition coefficient (Wildman–Crippen LogP) is 2.15. The molecule has 0 unspecified atom stereocenters. The number of hydrogen-bond acceptors (Lipinski definition) is 2. The minimum absolute atomic E-state index is 0.0982. The molecule has 1 rings (SSSR count). The highest BCUT2D eigenvalue weighted by atomic mass is 35.5. The monoisotopic (exact) mass is 240 g/mol. The van der Waals surface area contributed by atoms with Gasteiger partial charge in [-0.05, 0) is 25.0 Å². The number of unbranched alkanes of at least 4 members (excludes halogenated alkanes) is 1. The van der Waals surface area contributed by atoms with Crippen molar-refractivity contribution in [1.29, 1.82) is 0 Å². The number of hydrogen-bond donors (Lipinski definition) is 1. The Morgan fingerprint density at radius 1 is 1.38 bits per heavy atom. The summed E-state index contributed by atoms with van der Waals surface area (Å²) in [4.78, 5) is 15.5. The van der Waals surface area contributed by atoms with Crippen LogP contribution in [-0.4, -0.2) is 23.3 Å². The van der Waals surface area contributed by atoms with Crippen LogP contribution in [-0.2, 0) is 11.2 Å². The van der Waals surface area contributed by atoms with Crippen molar-refractivity contribution < 1.29 is 4.79 Å². The number of carbonyl (C=O) groups is 1. The van der Waals surface area contributed by atoms with Crippen LogP contribution in [0.2, 0.25) is 0 Å². The Hall–Kier alpha value is -1.09. The lowest BCUT2D eigenvalue weighted by Gasteiger charge is -2.04. The van der Waals surface area contributed by atoms with E-state index in [1.54, 1.807) is 6.20 Å². The molecule has 88 valence electrons. The normalized spacial score (nSPS) is 10.1. The minimum atomic E-state index is 0.0982. The minimum Gasteiger partial charge on any atom is -0.356 e. The summed E-state index contributed by atoms with van der Waals surface area (Å²) in [7, 11) is 0. The van der Waals surface area contributed by atoms with E-state index in [4.69, 9.17) is 11.6 Å². The van der Waals surface area contributed by atoms with Gasteiger partial charge in [-0.1, -0.05) is 6.07 Å². The van der Waals surface area contributed by atoms with Crippen molar-refractivity contribution in [1.82, 2.24) is 10.3 Å². The van der Waals surface area contributed by atoms with E-state index < -0.39 is 0 Å². The van der Waals surface area contributed by atoms with Crippen molar-refractivity contribution in [2.24, 2.45) is 0 Å². The van der Waals surface area contributed by atoms with Crippen LogP contribution < -0.4 is 5.32 Å². The summed E-state index contributed by atoms with van der Waals surface area (Å²) in [6.07, 6.45) is 4.86. The first-order valence-corrected chi connectivity index (χ1v) is 6.09. The molecule has 0 radical (unpaired) electrons. The van der Waals surface area contributed by atoms with Gasteiger partial charge in [-0.2, -0.15) is 0 Å². The Morgan fingerprint density at radius 2 is 2.25 bits per heavy atom. The third kappa shape index (κ3) is 5.71. The molecule has 0 bridgehead atoms. The standard InChI is InChI=1S/C12H17ClN2O/c13-8-3-1-6-12(16)15-10-7-11-5-2-4-9-14-11/h2,4-5,9H,1,3,6-8,10H2,(H,15,16). The Bertz CT molecular complexity index is 303. The average molecular weight is 241 g/mol. The molecule has 1 heterocycles. The molecule has 0 atom stereocenters. The predicted molar refractivity (Wildman–Crippen MR) is 65.5 cm³/mol. The number of halogens is 1. The molecule has 1 aromatic heterocycles. The van der Waals surface area contributed by atoms with Crippen molar-refractivity contribution in [3.05, 3.63) is 30.1 Å². The fourth-order valence-corrected chi connectivity index (χ4v) is 1.53. The van der Waals surface area contributed by atoms with Gasteiger partial charge < -0.3 is 5.32 Å². The van der Waals surface area contributed by atoms with Crippen molar-refractivity contribution in [2.45, 2.75) is 25.7 Å². The van der Waals surface area contributed by atoms with E-state index in [1.165, 1.54) is 0 Å². The Kier molecular flexibility index (Phi) is 6.58. The maximum Gasteiger partial charge on any atom is 0.220 e. The second-order valence-corrected chi connectivity index (χ2v) is 3.95. The lowest BCUT2D eigenvalue weighted by Crippen LogP contribution is -2.25. The van der Waals surface area contributed by atoms with Gasteiger partial charge in [0, 0.05) is 37.2 Å². The number of amides is 1. The lowest BCUT2D eigenvalue weighted by atomic mass is 10.2. The maximum absolute atomic E-state index is 11.3. The van der Waals surface area contributed by atoms with E-state index in [-0.39, 0.29) is 5.91 Å². The van der Waals surface area contributed by atoms with E-state index in [2.05, 4.69) is 10.3 Å². The topological polar surface area (TPSA) is 42.0 Å². The summed E-state index contributed by atoms with van der Waals surface area (Å²) in [6.45, 7) is 0.650. The van der Waals surface area contributed by atoms with Gasteiger partial charge in [-0.25, -0.2) is 0 Å². The Labute approximate surface area is 101 Å². The van der Waals surface area contributed by atoms with Crippen LogP contribution in [0, 0.1) is 0 Å². The molecule has 3 nitrogen and oxygen atoms in total. The van der Waals surface area contributed by atoms with Crippen molar-refractivity contribution >= 4 is 17.5 Å². The van der Waals surface area contributed by atoms with Crippen LogP contribution in [0.15, 0.2) is 24.4 Å². The SMILES string of the molecule is O=C(CCCCCl)NCCc1ccccn1. The number of pyridine rings is 1. The van der Waals surface area contributed by atoms with Gasteiger partial charge in [0.25, 0.3) is 0 Å². The fourth-order valence-electron chi connectivity index (χ4n) is 1.34. The van der Waals surface area contributed by atoms with Crippen molar-refractivity contribution in [3.63, 3.8) is 0 Å². The van der Waals surface area contributed by atoms with Crippen LogP contribution >= 0.6 is 11.6 Å². The Morgan fingerprint density at radius 3 is 2.94 bits per heavy atom. The van der Waals surface area contributed by atoms with Crippen LogP contribution in [0.25, 0.3) is 0 Å². The number of rotatable bonds is 7. The molecule has 0 aliphatic heterocycles. The van der Waals surface area contributed by atoms with Gasteiger partial charge in [-0.15, -0.1) is 11.6 Å². The number of nitrogens with one attached hydrogen (secondary N) is 1. The second kappa shape index (κ2) is 8.11. The molecule has 0 aliphatic rings. The summed E-state index contributed by atoms with van der Waals surface area (Å²) < 4.78 is 0. The zero-order valence-electron chi connectivity index (χ0n) is 9.29. The number of carbonyl (C=O) groups excluding carboxylic acids is 1. The molecule has 16 heavy (non-hydrogen) atoms. The molecular weight excluding hydrogens is 224 g/mol. The van der Waals surface area contributed by atoms with Gasteiger partial charge >= 0.3 is 0 Å². The molecule has 0 spiro atoms. The highest BCUT2D eigenvalue weighted by Crippen LogP contribution is 1.97. The molecule has 0 saturated carbocycles. The first kappa shape index (κ1) is 13.0. The van der Waals surface area contributed by atoms with E-state index in [0.717, 1.165) is 25.0 Å². The molecule has 4 heteroatoms. The van der Waals surface area contributed by atoms with Gasteiger partial charge in [0.2, 0.25) is 5.91 Å².